The minimum absolute atomic E-state index is 0.199. The Kier molecular flexibility index (Phi) is 4.40. The average Bonchev–Trinajstić information content (AvgIpc) is 2.28. The number of carbonyl (C=O) groups is 1. The molecular weight excluding hydrogens is 212 g/mol. The molecule has 4 heteroatoms. The number of carbonyl (C=O) groups excluding carboxylic acids is 1. The minimum atomic E-state index is -0.680. The maximum Gasteiger partial charge on any atom is 0.256 e. The van der Waals surface area contributed by atoms with Crippen LogP contribution in [-0.4, -0.2) is 23.9 Å². The summed E-state index contributed by atoms with van der Waals surface area (Å²) in [6.07, 6.45) is 0.788. The lowest BCUT2D eigenvalue weighted by molar-refractivity contribution is 0.0759. The van der Waals surface area contributed by atoms with Crippen molar-refractivity contribution >= 4 is 5.91 Å². The fourth-order valence-corrected chi connectivity index (χ4v) is 1.50. The molecule has 0 aromatic heterocycles. The highest BCUT2D eigenvalue weighted by Gasteiger charge is 2.17. The van der Waals surface area contributed by atoms with Crippen LogP contribution in [-0.2, 0) is 0 Å². The molecule has 1 amide bonds. The molecule has 0 saturated heterocycles. The van der Waals surface area contributed by atoms with Crippen LogP contribution in [0.5, 0.6) is 0 Å². The van der Waals surface area contributed by atoms with Gasteiger partial charge < -0.3 is 4.90 Å². The molecule has 88 valence electrons. The van der Waals surface area contributed by atoms with Crippen molar-refractivity contribution in [3.8, 4) is 0 Å². The molecule has 2 nitrogen and oxygen atoms in total. The van der Waals surface area contributed by atoms with Crippen molar-refractivity contribution in [1.29, 1.82) is 0 Å². The van der Waals surface area contributed by atoms with Gasteiger partial charge in [-0.15, -0.1) is 0 Å². The largest absolute Gasteiger partial charge is 0.339 e. The lowest BCUT2D eigenvalue weighted by Gasteiger charge is -2.20. The summed E-state index contributed by atoms with van der Waals surface area (Å²) in [6, 6.07) is 2.92. The Hall–Kier alpha value is -1.45. The minimum Gasteiger partial charge on any atom is -0.339 e. The Labute approximate surface area is 93.9 Å². The second kappa shape index (κ2) is 5.58. The van der Waals surface area contributed by atoms with E-state index in [-0.39, 0.29) is 5.56 Å². The van der Waals surface area contributed by atoms with Crippen molar-refractivity contribution in [3.63, 3.8) is 0 Å². The number of amides is 1. The zero-order valence-electron chi connectivity index (χ0n) is 9.46. The van der Waals surface area contributed by atoms with Gasteiger partial charge in [0.2, 0.25) is 0 Å². The van der Waals surface area contributed by atoms with Crippen LogP contribution in [0.1, 0.15) is 30.6 Å². The van der Waals surface area contributed by atoms with Gasteiger partial charge in [-0.1, -0.05) is 6.92 Å². The molecule has 0 N–H and O–H groups in total. The van der Waals surface area contributed by atoms with Gasteiger partial charge in [-0.05, 0) is 31.5 Å². The molecule has 16 heavy (non-hydrogen) atoms. The van der Waals surface area contributed by atoms with E-state index in [0.717, 1.165) is 24.6 Å². The van der Waals surface area contributed by atoms with E-state index in [1.165, 1.54) is 4.90 Å². The molecular formula is C12H15F2NO. The Balaban J connectivity index is 2.98. The predicted molar refractivity (Wildman–Crippen MR) is 58.2 cm³/mol. The first-order valence-corrected chi connectivity index (χ1v) is 5.34. The van der Waals surface area contributed by atoms with E-state index < -0.39 is 17.5 Å². The molecule has 0 radical (unpaired) electrons. The van der Waals surface area contributed by atoms with Crippen LogP contribution in [0, 0.1) is 11.6 Å². The van der Waals surface area contributed by atoms with Crippen LogP contribution in [0.3, 0.4) is 0 Å². The van der Waals surface area contributed by atoms with Crippen LogP contribution >= 0.6 is 0 Å². The van der Waals surface area contributed by atoms with Crippen molar-refractivity contribution < 1.29 is 13.6 Å². The first kappa shape index (κ1) is 12.6. The first-order chi connectivity index (χ1) is 7.60. The van der Waals surface area contributed by atoms with E-state index >= 15 is 0 Å². The summed E-state index contributed by atoms with van der Waals surface area (Å²) in [6.45, 7) is 4.77. The predicted octanol–water partition coefficient (Wildman–Crippen LogP) is 2.84. The lowest BCUT2D eigenvalue weighted by atomic mass is 10.1. The Morgan fingerprint density at radius 1 is 1.31 bits per heavy atom. The van der Waals surface area contributed by atoms with Crippen LogP contribution in [0.4, 0.5) is 8.78 Å². The van der Waals surface area contributed by atoms with Gasteiger partial charge in [-0.25, -0.2) is 8.78 Å². The molecule has 1 rings (SSSR count). The third kappa shape index (κ3) is 2.78. The third-order valence-electron chi connectivity index (χ3n) is 2.32. The average molecular weight is 227 g/mol. The van der Waals surface area contributed by atoms with Crippen molar-refractivity contribution in [1.82, 2.24) is 4.90 Å². The van der Waals surface area contributed by atoms with Gasteiger partial charge in [0.15, 0.2) is 0 Å². The molecule has 1 aromatic carbocycles. The second-order valence-corrected chi connectivity index (χ2v) is 3.51. The van der Waals surface area contributed by atoms with Crippen molar-refractivity contribution in [2.24, 2.45) is 0 Å². The number of hydrogen-bond acceptors (Lipinski definition) is 1. The van der Waals surface area contributed by atoms with E-state index in [0.29, 0.717) is 13.1 Å². The summed E-state index contributed by atoms with van der Waals surface area (Å²) in [7, 11) is 0. The monoisotopic (exact) mass is 227 g/mol. The van der Waals surface area contributed by atoms with Crippen LogP contribution in [0.2, 0.25) is 0 Å². The number of rotatable bonds is 4. The molecule has 0 unspecified atom stereocenters. The smallest absolute Gasteiger partial charge is 0.256 e. The van der Waals surface area contributed by atoms with E-state index in [4.69, 9.17) is 0 Å². The fraction of sp³-hybridized carbons (Fsp3) is 0.417. The van der Waals surface area contributed by atoms with Crippen LogP contribution in [0.25, 0.3) is 0 Å². The molecule has 0 bridgehead atoms. The summed E-state index contributed by atoms with van der Waals surface area (Å²) < 4.78 is 26.3. The topological polar surface area (TPSA) is 20.3 Å². The van der Waals surface area contributed by atoms with E-state index in [1.807, 2.05) is 13.8 Å². The zero-order chi connectivity index (χ0) is 12.1. The number of hydrogen-bond donors (Lipinski definition) is 0. The summed E-state index contributed by atoms with van der Waals surface area (Å²) in [5, 5.41) is 0. The normalized spacial score (nSPS) is 10.2. The summed E-state index contributed by atoms with van der Waals surface area (Å²) in [4.78, 5) is 13.4. The number of nitrogens with zero attached hydrogens (tertiary/aromatic N) is 1. The van der Waals surface area contributed by atoms with Crippen LogP contribution in [0.15, 0.2) is 18.2 Å². The standard InChI is InChI=1S/C12H15F2NO/c1-3-7-15(4-2)12(16)10-8-9(13)5-6-11(10)14/h5-6,8H,3-4,7H2,1-2H3. The SMILES string of the molecule is CCCN(CC)C(=O)c1cc(F)ccc1F. The van der Waals surface area contributed by atoms with Gasteiger partial charge in [0.05, 0.1) is 5.56 Å². The highest BCUT2D eigenvalue weighted by Crippen LogP contribution is 2.12. The lowest BCUT2D eigenvalue weighted by Crippen LogP contribution is -2.32. The second-order valence-electron chi connectivity index (χ2n) is 3.51. The molecule has 0 saturated carbocycles. The molecule has 0 spiro atoms. The fourth-order valence-electron chi connectivity index (χ4n) is 1.50. The van der Waals surface area contributed by atoms with Gasteiger partial charge in [0.1, 0.15) is 11.6 Å². The first-order valence-electron chi connectivity index (χ1n) is 5.34. The van der Waals surface area contributed by atoms with Crippen molar-refractivity contribution in [2.75, 3.05) is 13.1 Å². The Morgan fingerprint density at radius 2 is 2.00 bits per heavy atom. The quantitative estimate of drug-likeness (QED) is 0.774. The van der Waals surface area contributed by atoms with Gasteiger partial charge in [-0.3, -0.25) is 4.79 Å². The maximum atomic E-state index is 13.3. The molecule has 1 aromatic rings. The third-order valence-corrected chi connectivity index (χ3v) is 2.32. The van der Waals surface area contributed by atoms with Crippen molar-refractivity contribution in [2.45, 2.75) is 20.3 Å². The van der Waals surface area contributed by atoms with Crippen molar-refractivity contribution in [3.05, 3.63) is 35.4 Å². The zero-order valence-corrected chi connectivity index (χ0v) is 9.46. The number of halogens is 2. The van der Waals surface area contributed by atoms with E-state index in [2.05, 4.69) is 0 Å². The molecule has 0 aliphatic carbocycles. The van der Waals surface area contributed by atoms with Crippen LogP contribution < -0.4 is 0 Å². The van der Waals surface area contributed by atoms with Gasteiger partial charge in [0, 0.05) is 13.1 Å². The summed E-state index contributed by atoms with van der Waals surface area (Å²) >= 11 is 0. The molecule has 0 fully saturated rings. The van der Waals surface area contributed by atoms with E-state index in [1.54, 1.807) is 0 Å². The summed E-state index contributed by atoms with van der Waals surface area (Å²) in [5.74, 6) is -1.74. The molecule has 0 atom stereocenters. The maximum absolute atomic E-state index is 13.3. The van der Waals surface area contributed by atoms with Gasteiger partial charge in [0.25, 0.3) is 5.91 Å². The number of benzene rings is 1. The summed E-state index contributed by atoms with van der Waals surface area (Å²) in [5.41, 5.74) is -0.199. The Morgan fingerprint density at radius 3 is 2.56 bits per heavy atom. The van der Waals surface area contributed by atoms with E-state index in [9.17, 15) is 13.6 Å². The molecule has 0 aliphatic heterocycles. The highest BCUT2D eigenvalue weighted by molar-refractivity contribution is 5.94. The molecule has 0 aliphatic rings. The van der Waals surface area contributed by atoms with Gasteiger partial charge in [-0.2, -0.15) is 0 Å². The van der Waals surface area contributed by atoms with Gasteiger partial charge >= 0.3 is 0 Å². The molecule has 0 heterocycles. The highest BCUT2D eigenvalue weighted by atomic mass is 19.1. The Bertz CT molecular complexity index is 379.